The second-order valence-electron chi connectivity index (χ2n) is 1.62. The van der Waals surface area contributed by atoms with Crippen LogP contribution in [0.2, 0.25) is 0 Å². The standard InChI is InChI=1S/C6H15N.6ClH.Sn/c1-4-7(5-2)6-3;;;;;;;/h4-6H2,1-3H3;6*1H;/q;;;;;;;+4/p-4. The number of rotatable bonds is 3. The van der Waals surface area contributed by atoms with Crippen LogP contribution in [-0.4, -0.2) is 48.4 Å². The molecule has 0 atom stereocenters. The van der Waals surface area contributed by atoms with Crippen LogP contribution in [0.25, 0.3) is 0 Å². The average molecular weight is 435 g/mol. The van der Waals surface area contributed by atoms with Gasteiger partial charge in [-0.3, -0.25) is 0 Å². The van der Waals surface area contributed by atoms with E-state index < -0.39 is 0 Å². The summed E-state index contributed by atoms with van der Waals surface area (Å²) in [6, 6.07) is 0. The Hall–Kier alpha value is 2.50. The van der Waals surface area contributed by atoms with Gasteiger partial charge in [-0.05, 0) is 19.6 Å². The van der Waals surface area contributed by atoms with Crippen molar-refractivity contribution in [3.05, 3.63) is 0 Å². The topological polar surface area (TPSA) is 3.24 Å². The van der Waals surface area contributed by atoms with Gasteiger partial charge in [-0.1, -0.05) is 20.8 Å². The molecule has 0 aromatic rings. The molecule has 0 rings (SSSR count). The van der Waals surface area contributed by atoms with Crippen LogP contribution < -0.4 is 49.6 Å². The zero-order valence-electron chi connectivity index (χ0n) is 8.40. The van der Waals surface area contributed by atoms with Crippen molar-refractivity contribution in [3.63, 3.8) is 0 Å². The van der Waals surface area contributed by atoms with Crippen LogP contribution in [0, 0.1) is 0 Å². The van der Waals surface area contributed by atoms with Gasteiger partial charge in [0.25, 0.3) is 0 Å². The molecule has 0 fully saturated rings. The van der Waals surface area contributed by atoms with Crippen LogP contribution in [0.4, 0.5) is 0 Å². The molecule has 0 spiro atoms. The van der Waals surface area contributed by atoms with E-state index in [1.807, 2.05) is 0 Å². The van der Waals surface area contributed by atoms with E-state index in [1.54, 1.807) is 0 Å². The van der Waals surface area contributed by atoms with Gasteiger partial charge in [0.2, 0.25) is 0 Å². The Morgan fingerprint density at radius 2 is 0.786 bits per heavy atom. The summed E-state index contributed by atoms with van der Waals surface area (Å²) in [4.78, 5) is 2.38. The van der Waals surface area contributed by atoms with E-state index in [0.29, 0.717) is 0 Å². The van der Waals surface area contributed by atoms with E-state index in [0.717, 1.165) is 0 Å². The van der Waals surface area contributed by atoms with Gasteiger partial charge >= 0.3 is 23.9 Å². The molecule has 92 valence electrons. The molecule has 0 heterocycles. The van der Waals surface area contributed by atoms with Gasteiger partial charge in [-0.2, -0.15) is 0 Å². The van der Waals surface area contributed by atoms with E-state index in [9.17, 15) is 0 Å². The van der Waals surface area contributed by atoms with Crippen molar-refractivity contribution < 1.29 is 49.6 Å². The van der Waals surface area contributed by atoms with Gasteiger partial charge in [-0.25, -0.2) is 0 Å². The fourth-order valence-electron chi connectivity index (χ4n) is 0.671. The van der Waals surface area contributed by atoms with E-state index in [4.69, 9.17) is 0 Å². The van der Waals surface area contributed by atoms with E-state index in [2.05, 4.69) is 25.7 Å². The van der Waals surface area contributed by atoms with Gasteiger partial charge in [0.15, 0.2) is 0 Å². The Bertz CT molecular complexity index is 43.8. The summed E-state index contributed by atoms with van der Waals surface area (Å²) in [5.41, 5.74) is 0. The third kappa shape index (κ3) is 36.6. The van der Waals surface area contributed by atoms with Gasteiger partial charge < -0.3 is 54.5 Å². The fraction of sp³-hybridized carbons (Fsp3) is 1.00. The van der Waals surface area contributed by atoms with Crippen LogP contribution in [0.15, 0.2) is 0 Å². The van der Waals surface area contributed by atoms with Crippen molar-refractivity contribution in [1.29, 1.82) is 0 Å². The number of hydrogen-bond donors (Lipinski definition) is 0. The first-order valence-corrected chi connectivity index (χ1v) is 3.07. The summed E-state index contributed by atoms with van der Waals surface area (Å²) in [6.45, 7) is 10.1. The zero-order valence-corrected chi connectivity index (χ0v) is 15.9. The Kier molecular flexibility index (Phi) is 177. The maximum atomic E-state index is 2.38. The molecule has 0 aliphatic rings. The van der Waals surface area contributed by atoms with Crippen LogP contribution in [-0.2, 0) is 0 Å². The first kappa shape index (κ1) is 54.9. The van der Waals surface area contributed by atoms with E-state index in [-0.39, 0.29) is 98.3 Å². The Balaban J connectivity index is -0.00000000857. The van der Waals surface area contributed by atoms with Crippen LogP contribution in [0.3, 0.4) is 0 Å². The monoisotopic (exact) mass is 433 g/mol. The third-order valence-electron chi connectivity index (χ3n) is 1.34. The minimum absolute atomic E-state index is 0. The molecule has 0 aliphatic carbocycles. The van der Waals surface area contributed by atoms with Gasteiger partial charge in [-0.15, -0.1) is 24.8 Å². The predicted molar refractivity (Wildman–Crippen MR) is 53.7 cm³/mol. The number of nitrogens with zero attached hydrogens (tertiary/aromatic N) is 1. The van der Waals surface area contributed by atoms with Crippen molar-refractivity contribution >= 4 is 48.7 Å². The summed E-state index contributed by atoms with van der Waals surface area (Å²) in [5.74, 6) is 0. The SMILES string of the molecule is CCN(CC)CC.Cl.Cl.[Cl-].[Cl-].[Cl-].[Cl-].[Sn+4]. The second kappa shape index (κ2) is 45.1. The molecule has 0 N–H and O–H groups in total. The summed E-state index contributed by atoms with van der Waals surface area (Å²) in [6.07, 6.45) is 0. The largest absolute Gasteiger partial charge is 4.00 e. The molecule has 0 saturated carbocycles. The zero-order chi connectivity index (χ0) is 5.70. The normalized spacial score (nSPS) is 5.14. The molecule has 8 heteroatoms. The first-order chi connectivity index (χ1) is 3.35. The summed E-state index contributed by atoms with van der Waals surface area (Å²) < 4.78 is 0. The Morgan fingerprint density at radius 1 is 0.643 bits per heavy atom. The quantitative estimate of drug-likeness (QED) is 0.399. The maximum absolute atomic E-state index is 2.38. The van der Waals surface area contributed by atoms with E-state index >= 15 is 0 Å². The van der Waals surface area contributed by atoms with Crippen molar-refractivity contribution in [1.82, 2.24) is 4.90 Å². The maximum Gasteiger partial charge on any atom is 4.00 e. The summed E-state index contributed by atoms with van der Waals surface area (Å²) >= 11 is 0. The average Bonchev–Trinajstić information content (AvgIpc) is 1.72. The molecule has 0 saturated heterocycles. The van der Waals surface area contributed by atoms with Gasteiger partial charge in [0.05, 0.1) is 0 Å². The number of halogens is 6. The molecule has 0 amide bonds. The number of hydrogen-bond acceptors (Lipinski definition) is 1. The third-order valence-corrected chi connectivity index (χ3v) is 1.34. The minimum Gasteiger partial charge on any atom is -1.00 e. The Labute approximate surface area is 142 Å². The molecule has 0 aromatic heterocycles. The van der Waals surface area contributed by atoms with Crippen molar-refractivity contribution in [2.24, 2.45) is 0 Å². The molecule has 0 unspecified atom stereocenters. The molecule has 0 aliphatic heterocycles. The molecule has 1 nitrogen and oxygen atoms in total. The summed E-state index contributed by atoms with van der Waals surface area (Å²) in [7, 11) is 0. The fourth-order valence-corrected chi connectivity index (χ4v) is 0.671. The first-order valence-electron chi connectivity index (χ1n) is 3.07. The summed E-state index contributed by atoms with van der Waals surface area (Å²) in [5, 5.41) is 0. The smallest absolute Gasteiger partial charge is 1.00 e. The van der Waals surface area contributed by atoms with Gasteiger partial charge in [0.1, 0.15) is 0 Å². The van der Waals surface area contributed by atoms with Crippen molar-refractivity contribution in [2.45, 2.75) is 20.8 Å². The molecular weight excluding hydrogens is 418 g/mol. The van der Waals surface area contributed by atoms with Crippen LogP contribution in [0.5, 0.6) is 0 Å². The molecule has 0 bridgehead atoms. The molecule has 0 radical (unpaired) electrons. The molecule has 0 aromatic carbocycles. The van der Waals surface area contributed by atoms with Gasteiger partial charge in [0, 0.05) is 0 Å². The Morgan fingerprint density at radius 3 is 0.786 bits per heavy atom. The van der Waals surface area contributed by atoms with E-state index in [1.165, 1.54) is 19.6 Å². The predicted octanol–water partition coefficient (Wildman–Crippen LogP) is -10.2. The van der Waals surface area contributed by atoms with Crippen LogP contribution in [0.1, 0.15) is 20.8 Å². The van der Waals surface area contributed by atoms with Crippen molar-refractivity contribution in [2.75, 3.05) is 19.6 Å². The molecular formula is C6H17Cl6NSn. The molecule has 14 heavy (non-hydrogen) atoms. The van der Waals surface area contributed by atoms with Crippen LogP contribution >= 0.6 is 24.8 Å². The minimum atomic E-state index is 0. The second-order valence-corrected chi connectivity index (χ2v) is 1.62. The van der Waals surface area contributed by atoms with Crippen molar-refractivity contribution in [3.8, 4) is 0 Å².